The van der Waals surface area contributed by atoms with Gasteiger partial charge in [-0.25, -0.2) is 0 Å². The highest BCUT2D eigenvalue weighted by molar-refractivity contribution is 6.58. The second kappa shape index (κ2) is 10.3. The van der Waals surface area contributed by atoms with Crippen molar-refractivity contribution in [2.75, 3.05) is 6.54 Å². The molecule has 1 aliphatic rings. The second-order valence-electron chi connectivity index (χ2n) is 7.90. The van der Waals surface area contributed by atoms with Crippen LogP contribution in [-0.2, 0) is 28.6 Å². The maximum absolute atomic E-state index is 14.7. The molecule has 7 nitrogen and oxygen atoms in total. The molecular weight excluding hydrogens is 467 g/mol. The average molecular weight is 488 g/mol. The van der Waals surface area contributed by atoms with Gasteiger partial charge >= 0.3 is 5.92 Å². The summed E-state index contributed by atoms with van der Waals surface area (Å²) in [7, 11) is 4.88. The first-order valence-corrected chi connectivity index (χ1v) is 10.8. The van der Waals surface area contributed by atoms with Crippen LogP contribution in [-0.4, -0.2) is 42.8 Å². The lowest BCUT2D eigenvalue weighted by molar-refractivity contribution is -0.147. The predicted molar refractivity (Wildman–Crippen MR) is 122 cm³/mol. The fourth-order valence-electron chi connectivity index (χ4n) is 3.72. The van der Waals surface area contributed by atoms with E-state index in [0.29, 0.717) is 23.1 Å². The molecule has 2 radical (unpaired) electrons. The Balaban J connectivity index is 1.59. The molecule has 0 aliphatic carbocycles. The fraction of sp³-hybridized carbons (Fsp3) is 0.304. The van der Waals surface area contributed by atoms with Gasteiger partial charge in [-0.15, -0.1) is 0 Å². The Morgan fingerprint density at radius 3 is 2.65 bits per heavy atom. The molecule has 11 heteroatoms. The third-order valence-electron chi connectivity index (χ3n) is 5.49. The third-order valence-corrected chi connectivity index (χ3v) is 5.90. The Labute approximate surface area is 201 Å². The lowest BCUT2D eigenvalue weighted by Gasteiger charge is -2.19. The minimum Gasteiger partial charge on any atom is -0.346 e. The Morgan fingerprint density at radius 1 is 1.21 bits per heavy atom. The summed E-state index contributed by atoms with van der Waals surface area (Å²) in [6.45, 7) is 1.84. The van der Waals surface area contributed by atoms with Gasteiger partial charge in [0.25, 0.3) is 11.8 Å². The van der Waals surface area contributed by atoms with Gasteiger partial charge in [-0.1, -0.05) is 35.9 Å². The van der Waals surface area contributed by atoms with Crippen molar-refractivity contribution in [2.24, 2.45) is 0 Å². The van der Waals surface area contributed by atoms with Crippen molar-refractivity contribution in [3.05, 3.63) is 69.2 Å². The van der Waals surface area contributed by atoms with E-state index in [1.807, 2.05) is 5.32 Å². The molecular formula is C23H21BClF2N3O4. The summed E-state index contributed by atoms with van der Waals surface area (Å²) in [6.07, 6.45) is 0.362. The first-order chi connectivity index (χ1) is 16.0. The number of carbonyl (C=O) groups excluding carboxylic acids is 4. The molecule has 0 fully saturated rings. The van der Waals surface area contributed by atoms with Crippen molar-refractivity contribution in [3.8, 4) is 0 Å². The molecule has 2 aromatic rings. The third kappa shape index (κ3) is 5.62. The highest BCUT2D eigenvalue weighted by Gasteiger charge is 2.42. The molecule has 1 aliphatic heterocycles. The molecule has 3 rings (SSSR count). The largest absolute Gasteiger partial charge is 0.350 e. The number of carbonyl (C=O) groups is 4. The number of alkyl halides is 2. The molecule has 4 amide bonds. The number of amides is 4. The minimum absolute atomic E-state index is 0.0284. The van der Waals surface area contributed by atoms with Crippen molar-refractivity contribution in [1.82, 2.24) is 15.5 Å². The standard InChI is InChI=1S/C23H21BClF2N3O4/c1-13-17(4-2-5-18(13)25)23(26,27)21(33)28-11-14-7-8-16-15(10-14)12-30(20(16)32)9-3-6-19(31)29-22(24)34/h2,4-5,7-8,10H,3,6,9,11-12H2,1H3,(H,28,33)(H,29,31,34). The number of nitrogens with one attached hydrogen (secondary N) is 2. The van der Waals surface area contributed by atoms with Crippen molar-refractivity contribution in [1.29, 1.82) is 0 Å². The van der Waals surface area contributed by atoms with Crippen LogP contribution in [0.4, 0.5) is 13.6 Å². The quantitative estimate of drug-likeness (QED) is 0.559. The zero-order chi connectivity index (χ0) is 25.0. The molecule has 0 saturated heterocycles. The van der Waals surface area contributed by atoms with Crippen LogP contribution in [0.1, 0.15) is 45.5 Å². The van der Waals surface area contributed by atoms with Gasteiger partial charge in [0.2, 0.25) is 13.8 Å². The SMILES string of the molecule is [B]C(=O)NC(=O)CCCN1Cc2cc(CNC(=O)C(F)(F)c3cccc(Cl)c3C)ccc2C1=O. The Hall–Kier alpha value is -3.27. The zero-order valence-electron chi connectivity index (χ0n) is 18.3. The van der Waals surface area contributed by atoms with Crippen LogP contribution in [0.3, 0.4) is 0 Å². The molecule has 0 saturated carbocycles. The smallest absolute Gasteiger partial charge is 0.346 e. The Morgan fingerprint density at radius 2 is 1.94 bits per heavy atom. The molecule has 2 N–H and O–H groups in total. The van der Waals surface area contributed by atoms with E-state index in [1.165, 1.54) is 19.1 Å². The zero-order valence-corrected chi connectivity index (χ0v) is 19.0. The second-order valence-corrected chi connectivity index (χ2v) is 8.31. The average Bonchev–Trinajstić information content (AvgIpc) is 3.08. The van der Waals surface area contributed by atoms with E-state index >= 15 is 0 Å². The molecule has 176 valence electrons. The predicted octanol–water partition coefficient (Wildman–Crippen LogP) is 3.20. The molecule has 0 spiro atoms. The topological polar surface area (TPSA) is 95.6 Å². The highest BCUT2D eigenvalue weighted by Crippen LogP contribution is 2.33. The van der Waals surface area contributed by atoms with Gasteiger partial charge in [0.1, 0.15) is 0 Å². The number of imide groups is 1. The van der Waals surface area contributed by atoms with Crippen LogP contribution >= 0.6 is 11.6 Å². The molecule has 34 heavy (non-hydrogen) atoms. The van der Waals surface area contributed by atoms with E-state index in [2.05, 4.69) is 5.32 Å². The van der Waals surface area contributed by atoms with Crippen molar-refractivity contribution >= 4 is 43.0 Å². The first kappa shape index (κ1) is 25.4. The number of benzene rings is 2. The fourth-order valence-corrected chi connectivity index (χ4v) is 3.89. The van der Waals surface area contributed by atoms with Gasteiger partial charge in [-0.3, -0.25) is 19.2 Å². The lowest BCUT2D eigenvalue weighted by Crippen LogP contribution is -2.38. The van der Waals surface area contributed by atoms with E-state index in [4.69, 9.17) is 19.4 Å². The summed E-state index contributed by atoms with van der Waals surface area (Å²) in [5.41, 5.74) is 1.39. The number of nitrogens with zero attached hydrogens (tertiary/aromatic N) is 1. The van der Waals surface area contributed by atoms with Crippen LogP contribution in [0.2, 0.25) is 5.02 Å². The first-order valence-electron chi connectivity index (χ1n) is 10.4. The molecule has 0 atom stereocenters. The Bertz CT molecular complexity index is 1160. The maximum atomic E-state index is 14.7. The molecule has 0 bridgehead atoms. The number of halogens is 3. The van der Waals surface area contributed by atoms with Crippen LogP contribution in [0, 0.1) is 6.92 Å². The van der Waals surface area contributed by atoms with Crippen LogP contribution < -0.4 is 10.6 Å². The number of hydrogen-bond acceptors (Lipinski definition) is 4. The molecule has 0 unspecified atom stereocenters. The van der Waals surface area contributed by atoms with Crippen LogP contribution in [0.25, 0.3) is 0 Å². The van der Waals surface area contributed by atoms with E-state index in [-0.39, 0.29) is 42.5 Å². The summed E-state index contributed by atoms with van der Waals surface area (Å²) >= 11 is 5.91. The van der Waals surface area contributed by atoms with Gasteiger partial charge in [0, 0.05) is 42.2 Å². The van der Waals surface area contributed by atoms with E-state index in [0.717, 1.165) is 6.07 Å². The van der Waals surface area contributed by atoms with Gasteiger partial charge in [0.05, 0.1) is 0 Å². The number of fused-ring (bicyclic) bond motifs is 1. The lowest BCUT2D eigenvalue weighted by atomic mass is 10.0. The van der Waals surface area contributed by atoms with Crippen LogP contribution in [0.5, 0.6) is 0 Å². The minimum atomic E-state index is -3.76. The number of rotatable bonds is 8. The summed E-state index contributed by atoms with van der Waals surface area (Å²) in [5.74, 6) is -6.90. The van der Waals surface area contributed by atoms with Gasteiger partial charge < -0.3 is 15.5 Å². The summed E-state index contributed by atoms with van der Waals surface area (Å²) in [4.78, 5) is 48.5. The van der Waals surface area contributed by atoms with E-state index in [1.54, 1.807) is 23.1 Å². The normalized spacial score (nSPS) is 12.9. The van der Waals surface area contributed by atoms with E-state index in [9.17, 15) is 28.0 Å². The van der Waals surface area contributed by atoms with E-state index < -0.39 is 29.1 Å². The summed E-state index contributed by atoms with van der Waals surface area (Å²) in [5, 5.41) is 4.35. The Kier molecular flexibility index (Phi) is 7.71. The van der Waals surface area contributed by atoms with Gasteiger partial charge in [0.15, 0.2) is 5.81 Å². The van der Waals surface area contributed by atoms with Crippen LogP contribution in [0.15, 0.2) is 36.4 Å². The molecule has 2 aromatic carbocycles. The molecule has 0 aromatic heterocycles. The van der Waals surface area contributed by atoms with Crippen molar-refractivity contribution in [2.45, 2.75) is 38.8 Å². The number of hydrogen-bond donors (Lipinski definition) is 2. The van der Waals surface area contributed by atoms with Gasteiger partial charge in [-0.05, 0) is 42.2 Å². The van der Waals surface area contributed by atoms with Crippen molar-refractivity contribution in [3.63, 3.8) is 0 Å². The highest BCUT2D eigenvalue weighted by atomic mass is 35.5. The summed E-state index contributed by atoms with van der Waals surface area (Å²) < 4.78 is 29.4. The van der Waals surface area contributed by atoms with Gasteiger partial charge in [-0.2, -0.15) is 8.78 Å². The molecule has 1 heterocycles. The summed E-state index contributed by atoms with van der Waals surface area (Å²) in [6, 6.07) is 8.84. The monoisotopic (exact) mass is 487 g/mol. The van der Waals surface area contributed by atoms with Crippen molar-refractivity contribution < 1.29 is 28.0 Å². The maximum Gasteiger partial charge on any atom is 0.350 e.